The lowest BCUT2D eigenvalue weighted by atomic mass is 9.86. The fourth-order valence-electron chi connectivity index (χ4n) is 4.63. The highest BCUT2D eigenvalue weighted by atomic mass is 16.1. The van der Waals surface area contributed by atoms with E-state index in [1.165, 1.54) is 15.7 Å². The van der Waals surface area contributed by atoms with E-state index in [1.54, 1.807) is 13.2 Å². The Morgan fingerprint density at radius 2 is 1.69 bits per heavy atom. The molecule has 3 N–H and O–H groups in total. The van der Waals surface area contributed by atoms with Crippen molar-refractivity contribution in [1.29, 1.82) is 0 Å². The summed E-state index contributed by atoms with van der Waals surface area (Å²) in [6.07, 6.45) is 2.88. The van der Waals surface area contributed by atoms with Gasteiger partial charge in [-0.15, -0.1) is 0 Å². The summed E-state index contributed by atoms with van der Waals surface area (Å²) in [5.41, 5.74) is 6.55. The van der Waals surface area contributed by atoms with Gasteiger partial charge in [-0.1, -0.05) is 77.4 Å². The maximum Gasteiger partial charge on any atom is 0.293 e. The number of hydrogen-bond acceptors (Lipinski definition) is 5. The molecule has 220 valence electrons. The molecule has 1 atom stereocenters. The lowest BCUT2D eigenvalue weighted by Gasteiger charge is -2.19. The molecule has 0 radical (unpaired) electrons. The van der Waals surface area contributed by atoms with E-state index in [0.717, 1.165) is 36.3 Å². The van der Waals surface area contributed by atoms with Gasteiger partial charge in [0.2, 0.25) is 0 Å². The number of anilines is 3. The Kier molecular flexibility index (Phi) is 9.63. The van der Waals surface area contributed by atoms with Crippen LogP contribution in [-0.4, -0.2) is 22.0 Å². The van der Waals surface area contributed by atoms with Gasteiger partial charge in [0.25, 0.3) is 11.5 Å². The highest BCUT2D eigenvalue weighted by Gasteiger charge is 2.16. The summed E-state index contributed by atoms with van der Waals surface area (Å²) in [5.74, 6) is 0.710. The molecule has 1 amide bonds. The predicted molar refractivity (Wildman–Crippen MR) is 174 cm³/mol. The minimum atomic E-state index is -0.223. The smallest absolute Gasteiger partial charge is 0.293 e. The Labute approximate surface area is 249 Å². The van der Waals surface area contributed by atoms with Crippen LogP contribution >= 0.6 is 0 Å². The van der Waals surface area contributed by atoms with E-state index < -0.39 is 0 Å². The lowest BCUT2D eigenvalue weighted by molar-refractivity contribution is 0.102. The quantitative estimate of drug-likeness (QED) is 0.190. The maximum atomic E-state index is 13.1. The third-order valence-electron chi connectivity index (χ3n) is 7.68. The van der Waals surface area contributed by atoms with E-state index in [2.05, 4.69) is 50.6 Å². The van der Waals surface area contributed by atoms with Gasteiger partial charge in [0.05, 0.1) is 5.69 Å². The monoisotopic (exact) mass is 565 g/mol. The average Bonchev–Trinajstić information content (AvgIpc) is 2.96. The second kappa shape index (κ2) is 13.2. The summed E-state index contributed by atoms with van der Waals surface area (Å²) in [6.45, 7) is 14.6. The molecule has 4 aromatic rings. The number of carbonyl (C=O) groups excluding carboxylic acids is 1. The lowest BCUT2D eigenvalue weighted by Crippen LogP contribution is -2.22. The van der Waals surface area contributed by atoms with Crippen LogP contribution in [0.4, 0.5) is 17.2 Å². The largest absolute Gasteiger partial charge is 0.336 e. The molecule has 0 aliphatic carbocycles. The SMILES string of the molecule is CCC(C)CNCc1ccc(Nc2nc(-c3cccc(NC(=O)c4ccc(C(C)(C)C)cc4)c3C)cn(C)c2=O)cc1. The zero-order chi connectivity index (χ0) is 30.4. The first kappa shape index (κ1) is 30.7. The Morgan fingerprint density at radius 1 is 1.00 bits per heavy atom. The molecule has 3 aromatic carbocycles. The third-order valence-corrected chi connectivity index (χ3v) is 7.68. The molecule has 1 heterocycles. The molecule has 0 bridgehead atoms. The van der Waals surface area contributed by atoms with Crippen LogP contribution in [0.25, 0.3) is 11.3 Å². The Morgan fingerprint density at radius 3 is 2.33 bits per heavy atom. The van der Waals surface area contributed by atoms with Gasteiger partial charge in [-0.05, 0) is 71.8 Å². The summed E-state index contributed by atoms with van der Waals surface area (Å²) in [4.78, 5) is 30.7. The topological polar surface area (TPSA) is 88.1 Å². The molecule has 0 saturated carbocycles. The number of rotatable bonds is 10. The van der Waals surface area contributed by atoms with Crippen LogP contribution in [0.2, 0.25) is 0 Å². The average molecular weight is 566 g/mol. The molecule has 1 aromatic heterocycles. The molecule has 0 aliphatic rings. The summed E-state index contributed by atoms with van der Waals surface area (Å²) in [5, 5.41) is 9.74. The molecule has 42 heavy (non-hydrogen) atoms. The van der Waals surface area contributed by atoms with Crippen molar-refractivity contribution < 1.29 is 4.79 Å². The van der Waals surface area contributed by atoms with Gasteiger partial charge in [0.1, 0.15) is 0 Å². The first-order chi connectivity index (χ1) is 20.0. The number of nitrogens with one attached hydrogen (secondary N) is 3. The molecule has 0 saturated heterocycles. The molecular weight excluding hydrogens is 522 g/mol. The van der Waals surface area contributed by atoms with Crippen molar-refractivity contribution in [3.05, 3.63) is 106 Å². The Bertz CT molecular complexity index is 1580. The minimum absolute atomic E-state index is 0.0180. The van der Waals surface area contributed by atoms with Gasteiger partial charge >= 0.3 is 0 Å². The fourth-order valence-corrected chi connectivity index (χ4v) is 4.63. The zero-order valence-corrected chi connectivity index (χ0v) is 25.8. The Hall–Kier alpha value is -4.23. The second-order valence-corrected chi connectivity index (χ2v) is 12.1. The van der Waals surface area contributed by atoms with Gasteiger partial charge in [-0.3, -0.25) is 9.59 Å². The van der Waals surface area contributed by atoms with Crippen molar-refractivity contribution in [2.24, 2.45) is 13.0 Å². The molecule has 0 spiro atoms. The number of carbonyl (C=O) groups is 1. The van der Waals surface area contributed by atoms with E-state index in [4.69, 9.17) is 4.98 Å². The first-order valence-corrected chi connectivity index (χ1v) is 14.6. The minimum Gasteiger partial charge on any atom is -0.336 e. The molecule has 4 rings (SSSR count). The molecule has 7 nitrogen and oxygen atoms in total. The van der Waals surface area contributed by atoms with Crippen LogP contribution in [0.1, 0.15) is 68.1 Å². The van der Waals surface area contributed by atoms with Crippen LogP contribution in [0.15, 0.2) is 77.7 Å². The normalized spacial score (nSPS) is 12.2. The van der Waals surface area contributed by atoms with Crippen LogP contribution in [0.3, 0.4) is 0 Å². The molecule has 7 heteroatoms. The molecular formula is C35H43N5O2. The molecule has 0 aliphatic heterocycles. The number of hydrogen-bond donors (Lipinski definition) is 3. The summed E-state index contributed by atoms with van der Waals surface area (Å²) in [7, 11) is 1.72. The summed E-state index contributed by atoms with van der Waals surface area (Å²) < 4.78 is 1.53. The van der Waals surface area contributed by atoms with Crippen molar-refractivity contribution in [3.8, 4) is 11.3 Å². The number of benzene rings is 3. The standard InChI is InChI=1S/C35H43N5O2/c1-8-23(2)20-36-21-25-12-18-28(19-13-25)37-32-34(42)40(7)22-31(38-32)29-10-9-11-30(24(29)3)39-33(41)26-14-16-27(17-15-26)35(4,5)6/h9-19,22-23,36H,8,20-21H2,1-7H3,(H,37,38)(H,39,41). The van der Waals surface area contributed by atoms with Crippen molar-refractivity contribution in [1.82, 2.24) is 14.9 Å². The zero-order valence-electron chi connectivity index (χ0n) is 25.8. The fraction of sp³-hybridized carbons (Fsp3) is 0.343. The van der Waals surface area contributed by atoms with Crippen molar-refractivity contribution in [2.45, 2.75) is 59.9 Å². The van der Waals surface area contributed by atoms with E-state index in [9.17, 15) is 9.59 Å². The first-order valence-electron chi connectivity index (χ1n) is 14.6. The highest BCUT2D eigenvalue weighted by Crippen LogP contribution is 2.29. The van der Waals surface area contributed by atoms with Crippen LogP contribution in [0.5, 0.6) is 0 Å². The van der Waals surface area contributed by atoms with E-state index in [1.807, 2.05) is 73.7 Å². The summed E-state index contributed by atoms with van der Waals surface area (Å²) in [6, 6.07) is 21.4. The molecule has 1 unspecified atom stereocenters. The number of amides is 1. The third kappa shape index (κ3) is 7.53. The van der Waals surface area contributed by atoms with Gasteiger partial charge in [-0.2, -0.15) is 0 Å². The van der Waals surface area contributed by atoms with Gasteiger partial charge in [0.15, 0.2) is 5.82 Å². The van der Waals surface area contributed by atoms with E-state index in [0.29, 0.717) is 22.9 Å². The van der Waals surface area contributed by atoms with Crippen molar-refractivity contribution in [2.75, 3.05) is 17.2 Å². The Balaban J connectivity index is 1.52. The highest BCUT2D eigenvalue weighted by molar-refractivity contribution is 6.05. The van der Waals surface area contributed by atoms with Crippen molar-refractivity contribution in [3.63, 3.8) is 0 Å². The number of aromatic nitrogens is 2. The van der Waals surface area contributed by atoms with Gasteiger partial charge in [-0.25, -0.2) is 4.98 Å². The van der Waals surface area contributed by atoms with Gasteiger partial charge < -0.3 is 20.5 Å². The van der Waals surface area contributed by atoms with Crippen LogP contribution in [0, 0.1) is 12.8 Å². The van der Waals surface area contributed by atoms with Crippen molar-refractivity contribution >= 4 is 23.1 Å². The predicted octanol–water partition coefficient (Wildman–Crippen LogP) is 7.18. The van der Waals surface area contributed by atoms with Crippen LogP contribution < -0.4 is 21.5 Å². The van der Waals surface area contributed by atoms with Crippen LogP contribution in [-0.2, 0) is 19.0 Å². The van der Waals surface area contributed by atoms with Gasteiger partial charge in [0, 0.05) is 42.3 Å². The van der Waals surface area contributed by atoms with E-state index in [-0.39, 0.29) is 22.7 Å². The van der Waals surface area contributed by atoms with E-state index >= 15 is 0 Å². The maximum absolute atomic E-state index is 13.1. The second-order valence-electron chi connectivity index (χ2n) is 12.1. The summed E-state index contributed by atoms with van der Waals surface area (Å²) >= 11 is 0. The molecule has 0 fully saturated rings. The number of nitrogens with zero attached hydrogens (tertiary/aromatic N) is 2. The number of aryl methyl sites for hydroxylation is 1.